The molecule has 1 atom stereocenters. The fourth-order valence-electron chi connectivity index (χ4n) is 2.70. The molecule has 1 aliphatic rings. The van der Waals surface area contributed by atoms with E-state index in [0.29, 0.717) is 13.1 Å². The molecule has 1 fully saturated rings. The van der Waals surface area contributed by atoms with Gasteiger partial charge in [-0.2, -0.15) is 0 Å². The molecule has 1 aliphatic heterocycles. The second kappa shape index (κ2) is 5.08. The van der Waals surface area contributed by atoms with Crippen molar-refractivity contribution in [2.24, 2.45) is 0 Å². The van der Waals surface area contributed by atoms with Crippen LogP contribution in [0.1, 0.15) is 16.7 Å². The minimum Gasteiger partial charge on any atom is -0.394 e. The van der Waals surface area contributed by atoms with E-state index in [1.807, 2.05) is 13.8 Å². The third-order valence-corrected chi connectivity index (χ3v) is 3.38. The maximum absolute atomic E-state index is 12.2. The first-order valence-electron chi connectivity index (χ1n) is 6.28. The second-order valence-corrected chi connectivity index (χ2v) is 4.93. The first-order chi connectivity index (χ1) is 8.54. The van der Waals surface area contributed by atoms with E-state index in [1.165, 1.54) is 5.56 Å². The highest BCUT2D eigenvalue weighted by Gasteiger charge is 2.30. The number of nitrogens with zero attached hydrogens (tertiary/aromatic N) is 1. The molecule has 0 saturated carbocycles. The summed E-state index contributed by atoms with van der Waals surface area (Å²) in [6.45, 7) is 7.32. The van der Waals surface area contributed by atoms with Crippen molar-refractivity contribution < 1.29 is 9.90 Å². The van der Waals surface area contributed by atoms with E-state index in [-0.39, 0.29) is 12.5 Å². The number of rotatable bonds is 2. The number of carbonyl (C=O) groups is 1. The van der Waals surface area contributed by atoms with Crippen molar-refractivity contribution in [3.05, 3.63) is 28.8 Å². The summed E-state index contributed by atoms with van der Waals surface area (Å²) in [6.07, 6.45) is 0. The van der Waals surface area contributed by atoms with Crippen LogP contribution in [-0.2, 0) is 4.79 Å². The Balaban J connectivity index is 2.39. The maximum atomic E-state index is 12.2. The zero-order chi connectivity index (χ0) is 13.3. The monoisotopic (exact) mass is 248 g/mol. The highest BCUT2D eigenvalue weighted by atomic mass is 16.3. The molecule has 2 N–H and O–H groups in total. The summed E-state index contributed by atoms with van der Waals surface area (Å²) < 4.78 is 0. The van der Waals surface area contributed by atoms with E-state index in [2.05, 4.69) is 24.4 Å². The van der Waals surface area contributed by atoms with Crippen LogP contribution in [0.2, 0.25) is 0 Å². The number of anilines is 1. The van der Waals surface area contributed by atoms with Gasteiger partial charge in [0.1, 0.15) is 6.04 Å². The van der Waals surface area contributed by atoms with Gasteiger partial charge in [0.25, 0.3) is 0 Å². The highest BCUT2D eigenvalue weighted by molar-refractivity contribution is 5.99. The molecule has 1 saturated heterocycles. The topological polar surface area (TPSA) is 52.6 Å². The van der Waals surface area contributed by atoms with Crippen LogP contribution >= 0.6 is 0 Å². The molecule has 0 aromatic heterocycles. The van der Waals surface area contributed by atoms with Crippen LogP contribution in [0.15, 0.2) is 12.1 Å². The SMILES string of the molecule is Cc1cc(C)c(N2CCNC(CO)C2=O)c(C)c1. The fourth-order valence-corrected chi connectivity index (χ4v) is 2.70. The van der Waals surface area contributed by atoms with Crippen molar-refractivity contribution in [1.82, 2.24) is 5.32 Å². The molecule has 4 heteroatoms. The van der Waals surface area contributed by atoms with Gasteiger partial charge >= 0.3 is 0 Å². The van der Waals surface area contributed by atoms with Crippen LogP contribution in [0.3, 0.4) is 0 Å². The summed E-state index contributed by atoms with van der Waals surface area (Å²) in [5.41, 5.74) is 4.42. The molecule has 0 aliphatic carbocycles. The summed E-state index contributed by atoms with van der Waals surface area (Å²) in [7, 11) is 0. The summed E-state index contributed by atoms with van der Waals surface area (Å²) >= 11 is 0. The van der Waals surface area contributed by atoms with E-state index < -0.39 is 6.04 Å². The largest absolute Gasteiger partial charge is 0.394 e. The molecule has 0 radical (unpaired) electrons. The number of piperazine rings is 1. The Morgan fingerprint density at radius 2 is 1.94 bits per heavy atom. The molecule has 1 aromatic carbocycles. The Morgan fingerprint density at radius 1 is 1.33 bits per heavy atom. The molecule has 1 heterocycles. The Bertz CT molecular complexity index is 448. The molecule has 18 heavy (non-hydrogen) atoms. The van der Waals surface area contributed by atoms with Crippen molar-refractivity contribution in [3.63, 3.8) is 0 Å². The van der Waals surface area contributed by atoms with Gasteiger partial charge in [-0.15, -0.1) is 0 Å². The molecular formula is C14H20N2O2. The minimum absolute atomic E-state index is 0.0428. The number of hydrogen-bond acceptors (Lipinski definition) is 3. The number of carbonyl (C=O) groups excluding carboxylic acids is 1. The third kappa shape index (κ3) is 2.26. The van der Waals surface area contributed by atoms with Gasteiger partial charge in [-0.25, -0.2) is 0 Å². The number of aryl methyl sites for hydroxylation is 3. The van der Waals surface area contributed by atoms with Crippen LogP contribution in [0, 0.1) is 20.8 Å². The summed E-state index contributed by atoms with van der Waals surface area (Å²) in [4.78, 5) is 14.0. The van der Waals surface area contributed by atoms with E-state index in [1.54, 1.807) is 4.90 Å². The Kier molecular flexibility index (Phi) is 3.68. The van der Waals surface area contributed by atoms with Gasteiger partial charge in [-0.05, 0) is 31.9 Å². The number of nitrogens with one attached hydrogen (secondary N) is 1. The summed E-state index contributed by atoms with van der Waals surface area (Å²) in [5, 5.41) is 12.2. The van der Waals surface area contributed by atoms with Crippen LogP contribution in [0.5, 0.6) is 0 Å². The lowest BCUT2D eigenvalue weighted by atomic mass is 10.0. The molecule has 0 bridgehead atoms. The molecule has 1 unspecified atom stereocenters. The average molecular weight is 248 g/mol. The smallest absolute Gasteiger partial charge is 0.246 e. The molecule has 2 rings (SSSR count). The van der Waals surface area contributed by atoms with Crippen molar-refractivity contribution >= 4 is 11.6 Å². The van der Waals surface area contributed by atoms with Gasteiger partial charge in [-0.3, -0.25) is 4.79 Å². The van der Waals surface area contributed by atoms with Crippen molar-refractivity contribution in [1.29, 1.82) is 0 Å². The number of amides is 1. The number of aliphatic hydroxyl groups is 1. The van der Waals surface area contributed by atoms with Crippen LogP contribution in [-0.4, -0.2) is 36.8 Å². The number of benzene rings is 1. The van der Waals surface area contributed by atoms with Crippen molar-refractivity contribution in [3.8, 4) is 0 Å². The van der Waals surface area contributed by atoms with Crippen LogP contribution in [0.4, 0.5) is 5.69 Å². The zero-order valence-corrected chi connectivity index (χ0v) is 11.2. The Morgan fingerprint density at radius 3 is 2.50 bits per heavy atom. The first-order valence-corrected chi connectivity index (χ1v) is 6.28. The first kappa shape index (κ1) is 13.1. The summed E-state index contributed by atoms with van der Waals surface area (Å²) in [6, 6.07) is 3.70. The number of hydrogen-bond donors (Lipinski definition) is 2. The van der Waals surface area contributed by atoms with Crippen LogP contribution < -0.4 is 10.2 Å². The van der Waals surface area contributed by atoms with E-state index in [9.17, 15) is 9.90 Å². The summed E-state index contributed by atoms with van der Waals surface area (Å²) in [5.74, 6) is -0.0428. The zero-order valence-electron chi connectivity index (χ0n) is 11.2. The van der Waals surface area contributed by atoms with Gasteiger partial charge in [0, 0.05) is 18.8 Å². The molecule has 0 spiro atoms. The van der Waals surface area contributed by atoms with Gasteiger partial charge in [0.05, 0.1) is 6.61 Å². The number of aliphatic hydroxyl groups excluding tert-OH is 1. The molecular weight excluding hydrogens is 228 g/mol. The predicted octanol–water partition coefficient (Wildman–Crippen LogP) is 0.909. The lowest BCUT2D eigenvalue weighted by Gasteiger charge is -2.34. The van der Waals surface area contributed by atoms with Gasteiger partial charge in [0.15, 0.2) is 0 Å². The third-order valence-electron chi connectivity index (χ3n) is 3.38. The lowest BCUT2D eigenvalue weighted by molar-refractivity contribution is -0.122. The lowest BCUT2D eigenvalue weighted by Crippen LogP contribution is -2.57. The Labute approximate surface area is 108 Å². The maximum Gasteiger partial charge on any atom is 0.246 e. The Hall–Kier alpha value is -1.39. The highest BCUT2D eigenvalue weighted by Crippen LogP contribution is 2.27. The van der Waals surface area contributed by atoms with Gasteiger partial charge in [0.2, 0.25) is 5.91 Å². The predicted molar refractivity (Wildman–Crippen MR) is 71.9 cm³/mol. The van der Waals surface area contributed by atoms with Gasteiger partial charge < -0.3 is 15.3 Å². The van der Waals surface area contributed by atoms with Crippen molar-refractivity contribution in [2.75, 3.05) is 24.6 Å². The fraction of sp³-hybridized carbons (Fsp3) is 0.500. The van der Waals surface area contributed by atoms with E-state index in [0.717, 1.165) is 16.8 Å². The standard InChI is InChI=1S/C14H20N2O2/c1-9-6-10(2)13(11(3)7-9)16-5-4-15-12(8-17)14(16)18/h6-7,12,15,17H,4-5,8H2,1-3H3. The van der Waals surface area contributed by atoms with Crippen molar-refractivity contribution in [2.45, 2.75) is 26.8 Å². The molecule has 98 valence electrons. The quantitative estimate of drug-likeness (QED) is 0.818. The molecule has 1 amide bonds. The van der Waals surface area contributed by atoms with E-state index >= 15 is 0 Å². The average Bonchev–Trinajstić information content (AvgIpc) is 2.30. The molecule has 4 nitrogen and oxygen atoms in total. The van der Waals surface area contributed by atoms with Crippen LogP contribution in [0.25, 0.3) is 0 Å². The minimum atomic E-state index is -0.473. The molecule has 1 aromatic rings. The normalized spacial score (nSPS) is 20.3. The van der Waals surface area contributed by atoms with Gasteiger partial charge in [-0.1, -0.05) is 17.7 Å². The van der Waals surface area contributed by atoms with E-state index in [4.69, 9.17) is 0 Å². The second-order valence-electron chi connectivity index (χ2n) is 4.93.